The highest BCUT2D eigenvalue weighted by Gasteiger charge is 2.20. The first-order valence-electron chi connectivity index (χ1n) is 37.8. The summed E-state index contributed by atoms with van der Waals surface area (Å²) >= 11 is 0. The molecule has 0 aliphatic rings. The molecular formula is C75H149NO5. The summed E-state index contributed by atoms with van der Waals surface area (Å²) in [4.78, 5) is 24.6. The van der Waals surface area contributed by atoms with Crippen LogP contribution in [-0.4, -0.2) is 47.4 Å². The van der Waals surface area contributed by atoms with Gasteiger partial charge >= 0.3 is 5.97 Å². The maximum absolute atomic E-state index is 12.5. The topological polar surface area (TPSA) is 95.9 Å². The number of amides is 1. The number of hydrogen-bond donors (Lipinski definition) is 3. The van der Waals surface area contributed by atoms with Gasteiger partial charge in [0, 0.05) is 12.8 Å². The van der Waals surface area contributed by atoms with Crippen LogP contribution in [0.15, 0.2) is 0 Å². The van der Waals surface area contributed by atoms with Crippen LogP contribution < -0.4 is 5.32 Å². The number of aliphatic hydroxyl groups is 2. The Bertz CT molecular complexity index is 1180. The molecule has 1 amide bonds. The highest BCUT2D eigenvalue weighted by atomic mass is 16.5. The van der Waals surface area contributed by atoms with E-state index in [9.17, 15) is 19.8 Å². The Labute approximate surface area is 508 Å². The summed E-state index contributed by atoms with van der Waals surface area (Å²) < 4.78 is 5.51. The zero-order valence-corrected chi connectivity index (χ0v) is 55.6. The largest absolute Gasteiger partial charge is 0.466 e. The molecule has 0 heterocycles. The van der Waals surface area contributed by atoms with E-state index in [-0.39, 0.29) is 18.5 Å². The fourth-order valence-corrected chi connectivity index (χ4v) is 12.4. The quantitative estimate of drug-likeness (QED) is 0.0417. The fraction of sp³-hybridized carbons (Fsp3) is 0.973. The van der Waals surface area contributed by atoms with E-state index in [2.05, 4.69) is 19.2 Å². The van der Waals surface area contributed by atoms with Gasteiger partial charge in [0.15, 0.2) is 0 Å². The third-order valence-corrected chi connectivity index (χ3v) is 18.2. The molecule has 0 aliphatic carbocycles. The molecule has 0 rings (SSSR count). The first-order valence-corrected chi connectivity index (χ1v) is 37.8. The molecule has 0 saturated heterocycles. The molecule has 0 aromatic heterocycles. The Morgan fingerprint density at radius 3 is 0.753 bits per heavy atom. The number of carbonyl (C=O) groups excluding carboxylic acids is 2. The average Bonchev–Trinajstić information content (AvgIpc) is 3.47. The average molecular weight is 1150 g/mol. The normalized spacial score (nSPS) is 12.4. The Morgan fingerprint density at radius 2 is 0.506 bits per heavy atom. The van der Waals surface area contributed by atoms with Gasteiger partial charge in [-0.25, -0.2) is 0 Å². The summed E-state index contributed by atoms with van der Waals surface area (Å²) in [6.45, 7) is 5.01. The number of nitrogens with one attached hydrogen (secondary N) is 1. The first-order chi connectivity index (χ1) is 40.0. The van der Waals surface area contributed by atoms with Crippen molar-refractivity contribution in [3.05, 3.63) is 0 Å². The summed E-state index contributed by atoms with van der Waals surface area (Å²) in [7, 11) is 0. The van der Waals surface area contributed by atoms with E-state index >= 15 is 0 Å². The molecule has 0 aromatic carbocycles. The van der Waals surface area contributed by atoms with Crippen molar-refractivity contribution < 1.29 is 24.5 Å². The highest BCUT2D eigenvalue weighted by Crippen LogP contribution is 2.20. The molecule has 0 bridgehead atoms. The lowest BCUT2D eigenvalue weighted by atomic mass is 10.0. The molecule has 484 valence electrons. The number of aliphatic hydroxyl groups excluding tert-OH is 2. The van der Waals surface area contributed by atoms with Crippen LogP contribution >= 0.6 is 0 Å². The summed E-state index contributed by atoms with van der Waals surface area (Å²) in [5.41, 5.74) is 0. The van der Waals surface area contributed by atoms with Crippen LogP contribution in [0.3, 0.4) is 0 Å². The van der Waals surface area contributed by atoms with E-state index in [1.54, 1.807) is 0 Å². The van der Waals surface area contributed by atoms with Crippen LogP contribution in [0, 0.1) is 0 Å². The van der Waals surface area contributed by atoms with Gasteiger partial charge in [0.05, 0.1) is 25.4 Å². The lowest BCUT2D eigenvalue weighted by Crippen LogP contribution is -2.45. The number of hydrogen-bond acceptors (Lipinski definition) is 5. The Hall–Kier alpha value is -1.14. The van der Waals surface area contributed by atoms with E-state index in [1.165, 1.54) is 372 Å². The van der Waals surface area contributed by atoms with Gasteiger partial charge in [-0.1, -0.05) is 406 Å². The first kappa shape index (κ1) is 79.9. The van der Waals surface area contributed by atoms with Gasteiger partial charge in [-0.05, 0) is 25.7 Å². The monoisotopic (exact) mass is 1140 g/mol. The summed E-state index contributed by atoms with van der Waals surface area (Å²) in [6, 6.07) is -0.537. The van der Waals surface area contributed by atoms with Crippen LogP contribution in [0.2, 0.25) is 0 Å². The number of ether oxygens (including phenoxy) is 1. The molecule has 0 aromatic rings. The van der Waals surface area contributed by atoms with Gasteiger partial charge in [-0.15, -0.1) is 0 Å². The van der Waals surface area contributed by atoms with Crippen molar-refractivity contribution in [2.75, 3.05) is 13.2 Å². The Kier molecular flexibility index (Phi) is 70.3. The van der Waals surface area contributed by atoms with E-state index in [1.807, 2.05) is 0 Å². The smallest absolute Gasteiger partial charge is 0.305 e. The molecule has 0 radical (unpaired) electrons. The van der Waals surface area contributed by atoms with Crippen molar-refractivity contribution in [2.24, 2.45) is 0 Å². The van der Waals surface area contributed by atoms with E-state index in [0.29, 0.717) is 25.9 Å². The Balaban J connectivity index is 3.30. The van der Waals surface area contributed by atoms with Crippen molar-refractivity contribution in [2.45, 2.75) is 456 Å². The van der Waals surface area contributed by atoms with Gasteiger partial charge < -0.3 is 20.3 Å². The molecule has 3 N–H and O–H groups in total. The molecule has 0 fully saturated rings. The standard InChI is InChI=1S/C75H149NO5/c1-3-5-7-9-11-13-15-17-19-39-43-47-51-55-59-63-67-73(78)72(71-77)76-74(79)68-64-60-56-52-48-44-40-37-35-33-31-29-27-25-23-21-22-24-26-28-30-32-34-36-38-42-46-50-54-58-62-66-70-81-75(80)69-65-61-57-53-49-45-41-20-18-16-14-12-10-8-6-4-2/h72-73,77-78H,3-71H2,1-2H3,(H,76,79). The van der Waals surface area contributed by atoms with Gasteiger partial charge in [0.2, 0.25) is 5.91 Å². The van der Waals surface area contributed by atoms with Crippen LogP contribution in [0.25, 0.3) is 0 Å². The molecule has 6 heteroatoms. The predicted octanol–water partition coefficient (Wildman–Crippen LogP) is 24.5. The molecule has 6 nitrogen and oxygen atoms in total. The second-order valence-corrected chi connectivity index (χ2v) is 26.4. The molecule has 0 aliphatic heterocycles. The predicted molar refractivity (Wildman–Crippen MR) is 357 cm³/mol. The van der Waals surface area contributed by atoms with Crippen LogP contribution in [0.1, 0.15) is 444 Å². The van der Waals surface area contributed by atoms with Crippen molar-refractivity contribution in [3.8, 4) is 0 Å². The van der Waals surface area contributed by atoms with Crippen LogP contribution in [0.5, 0.6) is 0 Å². The third kappa shape index (κ3) is 67.9. The Morgan fingerprint density at radius 1 is 0.296 bits per heavy atom. The van der Waals surface area contributed by atoms with E-state index < -0.39 is 12.1 Å². The lowest BCUT2D eigenvalue weighted by Gasteiger charge is -2.22. The third-order valence-electron chi connectivity index (χ3n) is 18.2. The molecule has 0 spiro atoms. The minimum Gasteiger partial charge on any atom is -0.466 e. The maximum Gasteiger partial charge on any atom is 0.305 e. The van der Waals surface area contributed by atoms with Gasteiger partial charge in [0.25, 0.3) is 0 Å². The van der Waals surface area contributed by atoms with Crippen molar-refractivity contribution in [1.82, 2.24) is 5.32 Å². The molecular weight excluding hydrogens is 995 g/mol. The SMILES string of the molecule is CCCCCCCCCCCCCCCCCCC(=O)OCCCCCCCCCCCCCCCCCCCCCCCCCCCCCCCCCCC(=O)NC(CO)C(O)CCCCCCCCCCCCCCCCCC. The number of rotatable bonds is 72. The van der Waals surface area contributed by atoms with Crippen molar-refractivity contribution in [3.63, 3.8) is 0 Å². The second-order valence-electron chi connectivity index (χ2n) is 26.4. The van der Waals surface area contributed by atoms with Gasteiger partial charge in [-0.3, -0.25) is 9.59 Å². The second kappa shape index (κ2) is 71.3. The number of unbranched alkanes of at least 4 members (excludes halogenated alkanes) is 61. The minimum absolute atomic E-state index is 0.0260. The highest BCUT2D eigenvalue weighted by molar-refractivity contribution is 5.76. The van der Waals surface area contributed by atoms with Crippen molar-refractivity contribution >= 4 is 11.9 Å². The molecule has 0 saturated carbocycles. The molecule has 81 heavy (non-hydrogen) atoms. The zero-order valence-electron chi connectivity index (χ0n) is 55.6. The van der Waals surface area contributed by atoms with Crippen LogP contribution in [0.4, 0.5) is 0 Å². The number of esters is 1. The van der Waals surface area contributed by atoms with Gasteiger partial charge in [0.1, 0.15) is 0 Å². The maximum atomic E-state index is 12.5. The summed E-state index contributed by atoms with van der Waals surface area (Å²) in [5.74, 6) is 0.0000688. The lowest BCUT2D eigenvalue weighted by molar-refractivity contribution is -0.143. The summed E-state index contributed by atoms with van der Waals surface area (Å²) in [6.07, 6.45) is 87.5. The fourth-order valence-electron chi connectivity index (χ4n) is 12.4. The van der Waals surface area contributed by atoms with E-state index in [0.717, 1.165) is 38.5 Å². The van der Waals surface area contributed by atoms with Gasteiger partial charge in [-0.2, -0.15) is 0 Å². The molecule has 2 atom stereocenters. The zero-order chi connectivity index (χ0) is 58.5. The van der Waals surface area contributed by atoms with E-state index in [4.69, 9.17) is 4.74 Å². The van der Waals surface area contributed by atoms with Crippen molar-refractivity contribution in [1.29, 1.82) is 0 Å². The minimum atomic E-state index is -0.660. The summed E-state index contributed by atoms with van der Waals surface area (Å²) in [5, 5.41) is 23.4. The molecule has 2 unspecified atom stereocenters. The van der Waals surface area contributed by atoms with Crippen LogP contribution in [-0.2, 0) is 14.3 Å². The number of carbonyl (C=O) groups is 2.